The second-order valence-corrected chi connectivity index (χ2v) is 11.0. The Bertz CT molecular complexity index is 1780. The molecule has 0 saturated carbocycles. The van der Waals surface area contributed by atoms with Crippen molar-refractivity contribution in [1.29, 1.82) is 0 Å². The van der Waals surface area contributed by atoms with Crippen molar-refractivity contribution < 1.29 is 14.3 Å². The van der Waals surface area contributed by atoms with Gasteiger partial charge < -0.3 is 24.6 Å². The summed E-state index contributed by atoms with van der Waals surface area (Å²) in [7, 11) is 3.82. The fourth-order valence-corrected chi connectivity index (χ4v) is 5.47. The lowest BCUT2D eigenvalue weighted by Crippen LogP contribution is -2.44. The van der Waals surface area contributed by atoms with Crippen molar-refractivity contribution in [2.75, 3.05) is 55.5 Å². The van der Waals surface area contributed by atoms with E-state index in [9.17, 15) is 4.79 Å². The van der Waals surface area contributed by atoms with E-state index in [0.29, 0.717) is 23.2 Å². The molecule has 5 aromatic rings. The summed E-state index contributed by atoms with van der Waals surface area (Å²) < 4.78 is 11.8. The van der Waals surface area contributed by atoms with Gasteiger partial charge in [0.05, 0.1) is 18.5 Å². The Morgan fingerprint density at radius 3 is 2.36 bits per heavy atom. The Balaban J connectivity index is 1.32. The smallest absolute Gasteiger partial charge is 0.425 e. The van der Waals surface area contributed by atoms with E-state index in [1.54, 1.807) is 19.4 Å². The van der Waals surface area contributed by atoms with Crippen molar-refractivity contribution in [1.82, 2.24) is 14.9 Å². The number of anilines is 5. The third-order valence-electron chi connectivity index (χ3n) is 7.92. The fourth-order valence-electron chi connectivity index (χ4n) is 5.47. The average Bonchev–Trinajstić information content (AvgIpc) is 3.03. The second-order valence-electron chi connectivity index (χ2n) is 11.0. The molecule has 44 heavy (non-hydrogen) atoms. The fraction of sp³-hybridized carbons (Fsp3) is 0.229. The number of aromatic nitrogens is 2. The van der Waals surface area contributed by atoms with Crippen LogP contribution in [0.4, 0.5) is 33.6 Å². The molecule has 1 aromatic heterocycles. The van der Waals surface area contributed by atoms with Crippen LogP contribution < -0.4 is 24.6 Å². The minimum Gasteiger partial charge on any atom is -0.495 e. The molecule has 0 unspecified atom stereocenters. The van der Waals surface area contributed by atoms with Gasteiger partial charge in [0.25, 0.3) is 0 Å². The van der Waals surface area contributed by atoms with E-state index in [1.807, 2.05) is 86.6 Å². The molecule has 224 valence electrons. The number of likely N-dealkylation sites (N-methyl/N-ethyl adjacent to an activating group) is 1. The number of para-hydroxylation sites is 1. The lowest BCUT2D eigenvalue weighted by Gasteiger charge is -2.34. The van der Waals surface area contributed by atoms with E-state index >= 15 is 0 Å². The number of ether oxygens (including phenoxy) is 2. The maximum Gasteiger partial charge on any atom is 0.425 e. The number of carbonyl (C=O) groups is 1. The Hall–Kier alpha value is -5.15. The number of nitrogens with zero attached hydrogens (tertiary/aromatic N) is 5. The molecule has 0 bridgehead atoms. The second kappa shape index (κ2) is 12.6. The summed E-state index contributed by atoms with van der Waals surface area (Å²) in [4.78, 5) is 29.3. The zero-order valence-electron chi connectivity index (χ0n) is 25.4. The van der Waals surface area contributed by atoms with Gasteiger partial charge in [-0.1, -0.05) is 48.5 Å². The molecule has 1 fully saturated rings. The van der Waals surface area contributed by atoms with Gasteiger partial charge in [-0.3, -0.25) is 0 Å². The molecule has 4 aromatic carbocycles. The van der Waals surface area contributed by atoms with E-state index in [0.717, 1.165) is 65.2 Å². The molecule has 1 amide bonds. The first-order valence-corrected chi connectivity index (χ1v) is 14.7. The normalized spacial score (nSPS) is 13.5. The maximum atomic E-state index is 13.9. The summed E-state index contributed by atoms with van der Waals surface area (Å²) in [6.45, 7) is 7.73. The monoisotopic (exact) mass is 588 g/mol. The Morgan fingerprint density at radius 1 is 0.864 bits per heavy atom. The standard InChI is InChI=1S/C35H36N6O3/c1-24-8-7-9-25(2)33(24)44-35(42)41(29-14-12-26-10-5-6-11-27(26)22-29)32-16-17-36-34(38-32)37-28-13-15-30(31(23-28)43-4)40-20-18-39(3)19-21-40/h5-17,22-23H,18-21H2,1-4H3,(H,36,37,38). The van der Waals surface area contributed by atoms with Gasteiger partial charge >= 0.3 is 6.09 Å². The Labute approximate surface area is 257 Å². The number of aryl methyl sites for hydroxylation is 2. The van der Waals surface area contributed by atoms with E-state index in [1.165, 1.54) is 4.90 Å². The van der Waals surface area contributed by atoms with Gasteiger partial charge in [-0.25, -0.2) is 14.7 Å². The van der Waals surface area contributed by atoms with Gasteiger partial charge in [-0.15, -0.1) is 0 Å². The molecule has 0 atom stereocenters. The van der Waals surface area contributed by atoms with Crippen molar-refractivity contribution in [2.24, 2.45) is 0 Å². The van der Waals surface area contributed by atoms with Crippen molar-refractivity contribution in [3.63, 3.8) is 0 Å². The van der Waals surface area contributed by atoms with Gasteiger partial charge in [0.1, 0.15) is 17.3 Å². The van der Waals surface area contributed by atoms with Crippen molar-refractivity contribution >= 4 is 45.7 Å². The number of amides is 1. The first-order chi connectivity index (χ1) is 21.4. The number of piperazine rings is 1. The van der Waals surface area contributed by atoms with Gasteiger partial charge in [-0.05, 0) is 67.1 Å². The van der Waals surface area contributed by atoms with Gasteiger partial charge in [0, 0.05) is 50.2 Å². The number of methoxy groups -OCH3 is 1. The molecule has 0 spiro atoms. The minimum atomic E-state index is -0.569. The molecule has 2 heterocycles. The first kappa shape index (κ1) is 28.9. The van der Waals surface area contributed by atoms with Gasteiger partial charge in [-0.2, -0.15) is 4.98 Å². The first-order valence-electron chi connectivity index (χ1n) is 14.7. The van der Waals surface area contributed by atoms with Crippen LogP contribution in [0, 0.1) is 13.8 Å². The van der Waals surface area contributed by atoms with Gasteiger partial charge in [0.15, 0.2) is 0 Å². The number of benzene rings is 4. The zero-order valence-corrected chi connectivity index (χ0v) is 25.4. The summed E-state index contributed by atoms with van der Waals surface area (Å²) in [5.41, 5.74) is 4.19. The molecule has 1 aliphatic rings. The molecule has 9 nitrogen and oxygen atoms in total. The van der Waals surface area contributed by atoms with Gasteiger partial charge in [0.2, 0.25) is 5.95 Å². The Kier molecular flexibility index (Phi) is 8.29. The highest BCUT2D eigenvalue weighted by Gasteiger charge is 2.24. The molecule has 6 rings (SSSR count). The quantitative estimate of drug-likeness (QED) is 0.216. The van der Waals surface area contributed by atoms with Crippen LogP contribution in [-0.4, -0.2) is 61.3 Å². The summed E-state index contributed by atoms with van der Waals surface area (Å²) >= 11 is 0. The highest BCUT2D eigenvalue weighted by atomic mass is 16.6. The third-order valence-corrected chi connectivity index (χ3v) is 7.92. The van der Waals surface area contributed by atoms with Crippen LogP contribution in [0.2, 0.25) is 0 Å². The zero-order chi connectivity index (χ0) is 30.6. The highest BCUT2D eigenvalue weighted by molar-refractivity contribution is 5.99. The number of nitrogens with one attached hydrogen (secondary N) is 1. The lowest BCUT2D eigenvalue weighted by molar-refractivity contribution is 0.209. The predicted molar refractivity (Wildman–Crippen MR) is 176 cm³/mol. The number of carbonyl (C=O) groups excluding carboxylic acids is 1. The van der Waals surface area contributed by atoms with E-state index in [2.05, 4.69) is 33.2 Å². The van der Waals surface area contributed by atoms with Crippen LogP contribution in [0.25, 0.3) is 10.8 Å². The highest BCUT2D eigenvalue weighted by Crippen LogP contribution is 2.34. The van der Waals surface area contributed by atoms with Crippen molar-refractivity contribution in [2.45, 2.75) is 13.8 Å². The number of fused-ring (bicyclic) bond motifs is 1. The van der Waals surface area contributed by atoms with Crippen LogP contribution >= 0.6 is 0 Å². The number of hydrogen-bond donors (Lipinski definition) is 1. The third kappa shape index (κ3) is 6.14. The Morgan fingerprint density at radius 2 is 1.61 bits per heavy atom. The minimum absolute atomic E-state index is 0.336. The largest absolute Gasteiger partial charge is 0.495 e. The van der Waals surface area contributed by atoms with Crippen LogP contribution in [0.15, 0.2) is 91.1 Å². The predicted octanol–water partition coefficient (Wildman–Crippen LogP) is 7.09. The summed E-state index contributed by atoms with van der Waals surface area (Å²) in [6, 6.07) is 27.3. The molecule has 0 aliphatic carbocycles. The SMILES string of the molecule is COc1cc(Nc2nccc(N(C(=O)Oc3c(C)cccc3C)c3ccc4ccccc4c3)n2)ccc1N1CCN(C)CC1. The lowest BCUT2D eigenvalue weighted by atomic mass is 10.1. The summed E-state index contributed by atoms with van der Waals surface area (Å²) in [6.07, 6.45) is 1.06. The number of hydrogen-bond acceptors (Lipinski definition) is 8. The average molecular weight is 589 g/mol. The summed E-state index contributed by atoms with van der Waals surface area (Å²) in [5.74, 6) is 2.01. The van der Waals surface area contributed by atoms with Crippen LogP contribution in [-0.2, 0) is 0 Å². The molecule has 9 heteroatoms. The molecular weight excluding hydrogens is 552 g/mol. The molecular formula is C35H36N6O3. The topological polar surface area (TPSA) is 83.1 Å². The molecule has 0 radical (unpaired) electrons. The molecule has 1 aliphatic heterocycles. The van der Waals surface area contributed by atoms with Crippen LogP contribution in [0.1, 0.15) is 11.1 Å². The van der Waals surface area contributed by atoms with E-state index in [4.69, 9.17) is 14.5 Å². The van der Waals surface area contributed by atoms with Crippen LogP contribution in [0.5, 0.6) is 11.5 Å². The van der Waals surface area contributed by atoms with Crippen molar-refractivity contribution in [3.05, 3.63) is 102 Å². The molecule has 1 N–H and O–H groups in total. The van der Waals surface area contributed by atoms with E-state index in [-0.39, 0.29) is 0 Å². The van der Waals surface area contributed by atoms with Crippen molar-refractivity contribution in [3.8, 4) is 11.5 Å². The molecule has 1 saturated heterocycles. The maximum absolute atomic E-state index is 13.9. The summed E-state index contributed by atoms with van der Waals surface area (Å²) in [5, 5.41) is 5.35. The van der Waals surface area contributed by atoms with Crippen LogP contribution in [0.3, 0.4) is 0 Å². The van der Waals surface area contributed by atoms with E-state index < -0.39 is 6.09 Å². The number of rotatable bonds is 7.